The van der Waals surface area contributed by atoms with E-state index in [4.69, 9.17) is 5.84 Å². The van der Waals surface area contributed by atoms with Gasteiger partial charge in [-0.3, -0.25) is 11.3 Å². The monoisotopic (exact) mass is 248 g/mol. The van der Waals surface area contributed by atoms with Gasteiger partial charge in [0, 0.05) is 11.5 Å². The summed E-state index contributed by atoms with van der Waals surface area (Å²) in [5.41, 5.74) is 4.63. The molecule has 0 aliphatic rings. The molecule has 2 unspecified atom stereocenters. The van der Waals surface area contributed by atoms with Crippen LogP contribution in [0.1, 0.15) is 52.5 Å². The van der Waals surface area contributed by atoms with Crippen LogP contribution in [0.2, 0.25) is 0 Å². The molecule has 0 saturated heterocycles. The maximum absolute atomic E-state index is 5.87. The Morgan fingerprint density at radius 1 is 1.11 bits per heavy atom. The Bertz CT molecular complexity index is 330. The zero-order chi connectivity index (χ0) is 13.6. The van der Waals surface area contributed by atoms with Crippen LogP contribution in [0, 0.1) is 5.92 Å². The number of hydrogen-bond donors (Lipinski definition) is 2. The largest absolute Gasteiger partial charge is 0.271 e. The van der Waals surface area contributed by atoms with Gasteiger partial charge >= 0.3 is 0 Å². The van der Waals surface area contributed by atoms with Gasteiger partial charge < -0.3 is 0 Å². The van der Waals surface area contributed by atoms with Gasteiger partial charge in [-0.25, -0.2) is 0 Å². The molecule has 2 atom stereocenters. The maximum Gasteiger partial charge on any atom is 0.0332 e. The van der Waals surface area contributed by atoms with Crippen LogP contribution in [-0.2, 0) is 5.41 Å². The van der Waals surface area contributed by atoms with Crippen molar-refractivity contribution >= 4 is 0 Å². The number of nitrogens with one attached hydrogen (secondary N) is 1. The van der Waals surface area contributed by atoms with Crippen molar-refractivity contribution in [1.29, 1.82) is 0 Å². The highest BCUT2D eigenvalue weighted by Crippen LogP contribution is 2.38. The molecular weight excluding hydrogens is 220 g/mol. The van der Waals surface area contributed by atoms with E-state index in [9.17, 15) is 0 Å². The van der Waals surface area contributed by atoms with E-state index in [0.29, 0.717) is 12.0 Å². The fourth-order valence-electron chi connectivity index (χ4n) is 3.15. The summed E-state index contributed by atoms with van der Waals surface area (Å²) in [6.07, 6.45) is 3.35. The van der Waals surface area contributed by atoms with Crippen LogP contribution < -0.4 is 11.3 Å². The van der Waals surface area contributed by atoms with Crippen molar-refractivity contribution in [3.63, 3.8) is 0 Å². The van der Waals surface area contributed by atoms with E-state index in [-0.39, 0.29) is 5.41 Å². The van der Waals surface area contributed by atoms with Crippen LogP contribution in [-0.4, -0.2) is 6.04 Å². The number of nitrogens with two attached hydrogens (primary N) is 1. The summed E-state index contributed by atoms with van der Waals surface area (Å²) in [5.74, 6) is 6.44. The summed E-state index contributed by atoms with van der Waals surface area (Å²) < 4.78 is 0. The van der Waals surface area contributed by atoms with Crippen LogP contribution in [0.5, 0.6) is 0 Å². The molecule has 0 radical (unpaired) electrons. The van der Waals surface area contributed by atoms with E-state index >= 15 is 0 Å². The van der Waals surface area contributed by atoms with Crippen molar-refractivity contribution in [3.8, 4) is 0 Å². The minimum Gasteiger partial charge on any atom is -0.271 e. The molecule has 2 nitrogen and oxygen atoms in total. The van der Waals surface area contributed by atoms with E-state index in [1.807, 2.05) is 0 Å². The molecule has 0 bridgehead atoms. The summed E-state index contributed by atoms with van der Waals surface area (Å²) in [7, 11) is 0. The number of hydrogen-bond acceptors (Lipinski definition) is 2. The summed E-state index contributed by atoms with van der Waals surface area (Å²) in [6, 6.07) is 11.1. The van der Waals surface area contributed by atoms with Crippen molar-refractivity contribution in [1.82, 2.24) is 5.43 Å². The van der Waals surface area contributed by atoms with Gasteiger partial charge in [0.05, 0.1) is 0 Å². The smallest absolute Gasteiger partial charge is 0.0332 e. The standard InChI is InChI=1S/C16H28N2/c1-5-13(4)15(18-17)16(6-2,7-3)14-11-9-8-10-12-14/h8-13,15,18H,5-7,17H2,1-4H3. The first-order valence-corrected chi connectivity index (χ1v) is 7.17. The first kappa shape index (κ1) is 15.2. The van der Waals surface area contributed by atoms with Crippen LogP contribution in [0.3, 0.4) is 0 Å². The Labute approximate surface area is 112 Å². The fourth-order valence-corrected chi connectivity index (χ4v) is 3.15. The average molecular weight is 248 g/mol. The highest BCUT2D eigenvalue weighted by Gasteiger charge is 2.39. The molecule has 1 aromatic rings. The van der Waals surface area contributed by atoms with Crippen LogP contribution in [0.4, 0.5) is 0 Å². The Balaban J connectivity index is 3.21. The van der Waals surface area contributed by atoms with Crippen molar-refractivity contribution in [2.75, 3.05) is 0 Å². The molecule has 1 rings (SSSR count). The zero-order valence-electron chi connectivity index (χ0n) is 12.2. The molecule has 0 saturated carbocycles. The second kappa shape index (κ2) is 6.91. The van der Waals surface area contributed by atoms with E-state index in [1.165, 1.54) is 5.56 Å². The van der Waals surface area contributed by atoms with Crippen LogP contribution >= 0.6 is 0 Å². The highest BCUT2D eigenvalue weighted by molar-refractivity contribution is 5.28. The third-order valence-electron chi connectivity index (χ3n) is 4.60. The molecule has 0 aromatic heterocycles. The Morgan fingerprint density at radius 2 is 1.67 bits per heavy atom. The molecule has 0 spiro atoms. The zero-order valence-corrected chi connectivity index (χ0v) is 12.2. The van der Waals surface area contributed by atoms with E-state index in [1.54, 1.807) is 0 Å². The highest BCUT2D eigenvalue weighted by atomic mass is 15.2. The molecular formula is C16H28N2. The topological polar surface area (TPSA) is 38.0 Å². The van der Waals surface area contributed by atoms with Crippen LogP contribution in [0.25, 0.3) is 0 Å². The number of rotatable bonds is 7. The van der Waals surface area contributed by atoms with Crippen molar-refractivity contribution in [3.05, 3.63) is 35.9 Å². The molecule has 0 amide bonds. The van der Waals surface area contributed by atoms with Gasteiger partial charge in [-0.2, -0.15) is 0 Å². The van der Waals surface area contributed by atoms with Gasteiger partial charge in [-0.15, -0.1) is 0 Å². The SMILES string of the molecule is CCC(C)C(NN)C(CC)(CC)c1ccccc1. The van der Waals surface area contributed by atoms with Gasteiger partial charge in [0.15, 0.2) is 0 Å². The Hall–Kier alpha value is -0.860. The fraction of sp³-hybridized carbons (Fsp3) is 0.625. The van der Waals surface area contributed by atoms with Gasteiger partial charge in [0.2, 0.25) is 0 Å². The third kappa shape index (κ3) is 2.76. The van der Waals surface area contributed by atoms with Crippen molar-refractivity contribution < 1.29 is 0 Å². The molecule has 0 heterocycles. The Kier molecular flexibility index (Phi) is 5.83. The molecule has 0 aliphatic carbocycles. The molecule has 18 heavy (non-hydrogen) atoms. The molecule has 1 aromatic carbocycles. The van der Waals surface area contributed by atoms with Crippen molar-refractivity contribution in [2.45, 2.75) is 58.4 Å². The average Bonchev–Trinajstić information content (AvgIpc) is 2.45. The molecule has 0 aliphatic heterocycles. The lowest BCUT2D eigenvalue weighted by Crippen LogP contribution is -2.54. The minimum atomic E-state index is 0.130. The number of benzene rings is 1. The molecule has 0 fully saturated rings. The Morgan fingerprint density at radius 3 is 2.06 bits per heavy atom. The van der Waals surface area contributed by atoms with Gasteiger partial charge in [0.25, 0.3) is 0 Å². The van der Waals surface area contributed by atoms with E-state index in [2.05, 4.69) is 63.5 Å². The second-order valence-electron chi connectivity index (χ2n) is 5.26. The normalized spacial score (nSPS) is 15.4. The predicted octanol–water partition coefficient (Wildman–Crippen LogP) is 3.62. The van der Waals surface area contributed by atoms with E-state index in [0.717, 1.165) is 19.3 Å². The van der Waals surface area contributed by atoms with Gasteiger partial charge in [0.1, 0.15) is 0 Å². The molecule has 102 valence electrons. The first-order valence-electron chi connectivity index (χ1n) is 7.17. The first-order chi connectivity index (χ1) is 8.66. The summed E-state index contributed by atoms with van der Waals surface area (Å²) in [6.45, 7) is 9.05. The lowest BCUT2D eigenvalue weighted by Gasteiger charge is -2.43. The lowest BCUT2D eigenvalue weighted by molar-refractivity contribution is 0.206. The maximum atomic E-state index is 5.87. The van der Waals surface area contributed by atoms with Crippen LogP contribution in [0.15, 0.2) is 30.3 Å². The molecule has 2 heteroatoms. The summed E-state index contributed by atoms with van der Waals surface area (Å²) in [4.78, 5) is 0. The molecule has 3 N–H and O–H groups in total. The second-order valence-corrected chi connectivity index (χ2v) is 5.26. The van der Waals surface area contributed by atoms with Gasteiger partial charge in [-0.1, -0.05) is 64.4 Å². The third-order valence-corrected chi connectivity index (χ3v) is 4.60. The quantitative estimate of drug-likeness (QED) is 0.571. The summed E-state index contributed by atoms with van der Waals surface area (Å²) in [5, 5.41) is 0. The van der Waals surface area contributed by atoms with Crippen molar-refractivity contribution in [2.24, 2.45) is 11.8 Å². The van der Waals surface area contributed by atoms with Gasteiger partial charge in [-0.05, 0) is 24.3 Å². The van der Waals surface area contributed by atoms with E-state index < -0.39 is 0 Å². The minimum absolute atomic E-state index is 0.130. The summed E-state index contributed by atoms with van der Waals surface area (Å²) >= 11 is 0. The predicted molar refractivity (Wildman–Crippen MR) is 79.3 cm³/mol. The number of hydrazine groups is 1. The lowest BCUT2D eigenvalue weighted by atomic mass is 9.66.